The number of nitrogens with zero attached hydrogens (tertiary/aromatic N) is 1. The van der Waals surface area contributed by atoms with E-state index in [0.29, 0.717) is 6.54 Å². The van der Waals surface area contributed by atoms with Gasteiger partial charge in [-0.25, -0.2) is 9.59 Å². The maximum Gasteiger partial charge on any atom is 0.407 e. The zero-order valence-electron chi connectivity index (χ0n) is 16.5. The summed E-state index contributed by atoms with van der Waals surface area (Å²) in [6, 6.07) is 9.73. The summed E-state index contributed by atoms with van der Waals surface area (Å²) in [6.07, 6.45) is 0.985. The van der Waals surface area contributed by atoms with Crippen molar-refractivity contribution < 1.29 is 19.1 Å². The lowest BCUT2D eigenvalue weighted by molar-refractivity contribution is 0.0478. The van der Waals surface area contributed by atoms with Crippen LogP contribution in [0.5, 0.6) is 0 Å². The maximum atomic E-state index is 11.8. The van der Waals surface area contributed by atoms with Gasteiger partial charge < -0.3 is 25.0 Å². The minimum absolute atomic E-state index is 0.139. The molecule has 1 aliphatic heterocycles. The van der Waals surface area contributed by atoms with E-state index in [2.05, 4.69) is 15.5 Å². The summed E-state index contributed by atoms with van der Waals surface area (Å²) in [5.74, 6) is 0. The zero-order valence-corrected chi connectivity index (χ0v) is 16.5. The first-order chi connectivity index (χ1) is 12.8. The van der Waals surface area contributed by atoms with Gasteiger partial charge in [0.15, 0.2) is 0 Å². The third-order valence-corrected chi connectivity index (χ3v) is 4.22. The van der Waals surface area contributed by atoms with Gasteiger partial charge in [-0.05, 0) is 39.2 Å². The zero-order chi connectivity index (χ0) is 19.7. The number of hydrogen-bond acceptors (Lipinski definition) is 5. The molecule has 1 fully saturated rings. The third-order valence-electron chi connectivity index (χ3n) is 4.22. The van der Waals surface area contributed by atoms with Crippen LogP contribution in [0.3, 0.4) is 0 Å². The number of likely N-dealkylation sites (tertiary alicyclic amines) is 1. The van der Waals surface area contributed by atoms with Crippen LogP contribution in [-0.4, -0.2) is 54.9 Å². The van der Waals surface area contributed by atoms with Gasteiger partial charge in [-0.2, -0.15) is 0 Å². The van der Waals surface area contributed by atoms with Gasteiger partial charge in [0.2, 0.25) is 0 Å². The monoisotopic (exact) mass is 377 g/mol. The number of hydrogen-bond donors (Lipinski definition) is 2. The highest BCUT2D eigenvalue weighted by molar-refractivity contribution is 5.68. The molecular weight excluding hydrogens is 346 g/mol. The number of piperidine rings is 1. The lowest BCUT2D eigenvalue weighted by atomic mass is 10.1. The summed E-state index contributed by atoms with van der Waals surface area (Å²) < 4.78 is 10.5. The first-order valence-corrected chi connectivity index (χ1v) is 9.48. The van der Waals surface area contributed by atoms with Crippen molar-refractivity contribution in [2.75, 3.05) is 26.2 Å². The first-order valence-electron chi connectivity index (χ1n) is 9.48. The third kappa shape index (κ3) is 8.77. The van der Waals surface area contributed by atoms with Gasteiger partial charge in [-0.3, -0.25) is 0 Å². The molecular formula is C20H31N3O4. The number of ether oxygens (including phenoxy) is 2. The van der Waals surface area contributed by atoms with Crippen LogP contribution in [0.15, 0.2) is 30.3 Å². The number of carbonyl (C=O) groups excluding carboxylic acids is 2. The van der Waals surface area contributed by atoms with Gasteiger partial charge in [-0.15, -0.1) is 0 Å². The highest BCUT2D eigenvalue weighted by atomic mass is 16.6. The molecule has 2 rings (SSSR count). The van der Waals surface area contributed by atoms with Gasteiger partial charge in [0, 0.05) is 32.2 Å². The molecule has 1 aromatic rings. The van der Waals surface area contributed by atoms with E-state index in [1.165, 1.54) is 0 Å². The fraction of sp³-hybridized carbons (Fsp3) is 0.600. The number of rotatable bonds is 6. The molecule has 2 amide bonds. The molecule has 0 aliphatic carbocycles. The average Bonchev–Trinajstić information content (AvgIpc) is 2.61. The molecule has 7 heteroatoms. The van der Waals surface area contributed by atoms with Crippen LogP contribution >= 0.6 is 0 Å². The van der Waals surface area contributed by atoms with Crippen molar-refractivity contribution >= 4 is 12.2 Å². The summed E-state index contributed by atoms with van der Waals surface area (Å²) in [7, 11) is 0. The molecule has 1 aromatic carbocycles. The van der Waals surface area contributed by atoms with Crippen LogP contribution < -0.4 is 10.6 Å². The molecule has 0 aromatic heterocycles. The molecule has 0 atom stereocenters. The van der Waals surface area contributed by atoms with E-state index >= 15 is 0 Å². The highest BCUT2D eigenvalue weighted by Gasteiger charge is 2.23. The van der Waals surface area contributed by atoms with Crippen molar-refractivity contribution in [2.24, 2.45) is 0 Å². The average molecular weight is 377 g/mol. The largest absolute Gasteiger partial charge is 0.445 e. The Morgan fingerprint density at radius 2 is 1.78 bits per heavy atom. The molecule has 0 radical (unpaired) electrons. The fourth-order valence-electron chi connectivity index (χ4n) is 2.87. The van der Waals surface area contributed by atoms with E-state index < -0.39 is 11.7 Å². The number of nitrogens with one attached hydrogen (secondary N) is 2. The van der Waals surface area contributed by atoms with Gasteiger partial charge in [-0.1, -0.05) is 30.3 Å². The molecule has 1 saturated heterocycles. The Morgan fingerprint density at radius 1 is 1.11 bits per heavy atom. The van der Waals surface area contributed by atoms with Gasteiger partial charge >= 0.3 is 12.2 Å². The Morgan fingerprint density at radius 3 is 2.41 bits per heavy atom. The number of carbonyl (C=O) groups is 2. The van der Waals surface area contributed by atoms with Crippen molar-refractivity contribution in [3.05, 3.63) is 35.9 Å². The summed E-state index contributed by atoms with van der Waals surface area (Å²) in [6.45, 7) is 8.89. The molecule has 0 spiro atoms. The summed E-state index contributed by atoms with van der Waals surface area (Å²) in [5, 5.41) is 5.70. The van der Waals surface area contributed by atoms with Crippen molar-refractivity contribution in [3.63, 3.8) is 0 Å². The van der Waals surface area contributed by atoms with Crippen molar-refractivity contribution in [1.29, 1.82) is 0 Å². The molecule has 1 aliphatic rings. The molecule has 0 bridgehead atoms. The van der Waals surface area contributed by atoms with E-state index in [1.54, 1.807) is 0 Å². The van der Waals surface area contributed by atoms with Crippen LogP contribution in [-0.2, 0) is 16.1 Å². The molecule has 27 heavy (non-hydrogen) atoms. The van der Waals surface area contributed by atoms with Gasteiger partial charge in [0.1, 0.15) is 12.2 Å². The molecule has 1 heterocycles. The second kappa shape index (κ2) is 10.2. The SMILES string of the molecule is CC(C)(C)OC(=O)NC1CCN(CCNC(=O)OCc2ccccc2)CC1. The Bertz CT molecular complexity index is 593. The molecule has 0 unspecified atom stereocenters. The van der Waals surface area contributed by atoms with Gasteiger partial charge in [0.25, 0.3) is 0 Å². The van der Waals surface area contributed by atoms with Crippen LogP contribution in [0, 0.1) is 0 Å². The minimum atomic E-state index is -0.481. The van der Waals surface area contributed by atoms with Crippen molar-refractivity contribution in [1.82, 2.24) is 15.5 Å². The van der Waals surface area contributed by atoms with Crippen LogP contribution in [0.25, 0.3) is 0 Å². The second-order valence-corrected chi connectivity index (χ2v) is 7.75. The lowest BCUT2D eigenvalue weighted by Gasteiger charge is -2.32. The summed E-state index contributed by atoms with van der Waals surface area (Å²) >= 11 is 0. The Balaban J connectivity index is 1.55. The van der Waals surface area contributed by atoms with E-state index in [4.69, 9.17) is 9.47 Å². The van der Waals surface area contributed by atoms with Crippen LogP contribution in [0.4, 0.5) is 9.59 Å². The van der Waals surface area contributed by atoms with Crippen LogP contribution in [0.1, 0.15) is 39.2 Å². The summed E-state index contributed by atoms with van der Waals surface area (Å²) in [5.41, 5.74) is 0.484. The number of alkyl carbamates (subject to hydrolysis) is 2. The molecule has 0 saturated carbocycles. The molecule has 7 nitrogen and oxygen atoms in total. The van der Waals surface area contributed by atoms with Gasteiger partial charge in [0.05, 0.1) is 0 Å². The molecule has 150 valence electrons. The van der Waals surface area contributed by atoms with Crippen molar-refractivity contribution in [3.8, 4) is 0 Å². The van der Waals surface area contributed by atoms with Crippen molar-refractivity contribution in [2.45, 2.75) is 51.9 Å². The van der Waals surface area contributed by atoms with E-state index in [0.717, 1.165) is 38.0 Å². The summed E-state index contributed by atoms with van der Waals surface area (Å²) in [4.78, 5) is 25.8. The fourth-order valence-corrected chi connectivity index (χ4v) is 2.87. The first kappa shape index (κ1) is 21.0. The van der Waals surface area contributed by atoms with Crippen LogP contribution in [0.2, 0.25) is 0 Å². The maximum absolute atomic E-state index is 11.8. The minimum Gasteiger partial charge on any atom is -0.445 e. The standard InChI is InChI=1S/C20H31N3O4/c1-20(2,3)27-19(25)22-17-9-12-23(13-10-17)14-11-21-18(24)26-15-16-7-5-4-6-8-16/h4-8,17H,9-15H2,1-3H3,(H,21,24)(H,22,25). The predicted molar refractivity (Wildman–Crippen MR) is 103 cm³/mol. The number of benzene rings is 1. The quantitative estimate of drug-likeness (QED) is 0.797. The second-order valence-electron chi connectivity index (χ2n) is 7.75. The smallest absolute Gasteiger partial charge is 0.407 e. The normalized spacial score (nSPS) is 15.8. The predicted octanol–water partition coefficient (Wildman–Crippen LogP) is 2.90. The number of amides is 2. The Labute approximate surface area is 161 Å². The Hall–Kier alpha value is -2.28. The lowest BCUT2D eigenvalue weighted by Crippen LogP contribution is -2.47. The van der Waals surface area contributed by atoms with E-state index in [9.17, 15) is 9.59 Å². The van der Waals surface area contributed by atoms with E-state index in [-0.39, 0.29) is 18.7 Å². The topological polar surface area (TPSA) is 79.9 Å². The highest BCUT2D eigenvalue weighted by Crippen LogP contribution is 2.12. The Kier molecular flexibility index (Phi) is 7.91. The van der Waals surface area contributed by atoms with E-state index in [1.807, 2.05) is 51.1 Å². The molecule has 2 N–H and O–H groups in total.